The lowest BCUT2D eigenvalue weighted by Crippen LogP contribution is -2.54. The molecule has 53 heavy (non-hydrogen) atoms. The van der Waals surface area contributed by atoms with Crippen LogP contribution in [0.5, 0.6) is 5.75 Å². The van der Waals surface area contributed by atoms with Crippen LogP contribution in [0.3, 0.4) is 0 Å². The average molecular weight is 732 g/mol. The molecule has 1 fully saturated rings. The van der Waals surface area contributed by atoms with Gasteiger partial charge in [-0.2, -0.15) is 5.10 Å². The highest BCUT2D eigenvalue weighted by molar-refractivity contribution is 5.97. The van der Waals surface area contributed by atoms with Crippen LogP contribution < -0.4 is 31.4 Å². The van der Waals surface area contributed by atoms with Gasteiger partial charge in [-0.25, -0.2) is 10.2 Å². The minimum Gasteiger partial charge on any atom is -0.496 e. The largest absolute Gasteiger partial charge is 0.496 e. The molecule has 15 heteroatoms. The van der Waals surface area contributed by atoms with Crippen molar-refractivity contribution >= 4 is 35.2 Å². The Kier molecular flexibility index (Phi) is 16.8. The van der Waals surface area contributed by atoms with E-state index in [1.54, 1.807) is 39.0 Å². The number of hydrogen-bond donors (Lipinski definition) is 5. The van der Waals surface area contributed by atoms with Gasteiger partial charge in [0.2, 0.25) is 17.7 Å². The number of Topliss-reactive ketones (excluding diaryl/α,β-unsaturated/α-hetero) is 1. The van der Waals surface area contributed by atoms with Crippen molar-refractivity contribution in [3.63, 3.8) is 0 Å². The van der Waals surface area contributed by atoms with Crippen LogP contribution in [-0.2, 0) is 27.3 Å². The summed E-state index contributed by atoms with van der Waals surface area (Å²) in [6, 6.07) is 10.7. The first kappa shape index (κ1) is 42.0. The Morgan fingerprint density at radius 1 is 0.981 bits per heavy atom. The molecule has 0 saturated heterocycles. The van der Waals surface area contributed by atoms with Crippen LogP contribution in [0.15, 0.2) is 52.7 Å². The van der Waals surface area contributed by atoms with E-state index < -0.39 is 29.9 Å². The second-order valence-corrected chi connectivity index (χ2v) is 13.8. The van der Waals surface area contributed by atoms with Crippen molar-refractivity contribution in [1.29, 1.82) is 0 Å². The van der Waals surface area contributed by atoms with Crippen LogP contribution >= 0.6 is 0 Å². The highest BCUT2D eigenvalue weighted by atomic mass is 16.5. The number of hydrogen-bond acceptors (Lipinski definition) is 8. The molecule has 0 aromatic heterocycles. The van der Waals surface area contributed by atoms with Crippen molar-refractivity contribution < 1.29 is 28.7 Å². The Labute approximate surface area is 311 Å². The first-order chi connectivity index (χ1) is 25.3. The molecule has 3 rings (SSSR count). The summed E-state index contributed by atoms with van der Waals surface area (Å²) in [6.07, 6.45) is 3.29. The normalized spacial score (nSPS) is 16.7. The van der Waals surface area contributed by atoms with E-state index in [4.69, 9.17) is 10.3 Å². The SMILES string of the molecule is CC[C@H](NC(=O)[C@@H](NC(=O)Cc1cc(C(C)=O)ccc1OC)C(C)C)/C(CN=[N+]=[N-])=N/NC(=O)NCC1CCC(C(=O)NCc2ccc(C)cc2)CC1. The van der Waals surface area contributed by atoms with Crippen LogP contribution in [0.1, 0.15) is 86.8 Å². The lowest BCUT2D eigenvalue weighted by atomic mass is 9.81. The number of carbonyl (C=O) groups is 5. The quantitative estimate of drug-likeness (QED) is 0.0360. The number of ketones is 1. The van der Waals surface area contributed by atoms with Crippen molar-refractivity contribution in [1.82, 2.24) is 26.7 Å². The van der Waals surface area contributed by atoms with Gasteiger partial charge in [-0.1, -0.05) is 55.7 Å². The molecule has 0 spiro atoms. The molecule has 1 aliphatic carbocycles. The molecular formula is C38H53N9O6. The Bertz CT molecular complexity index is 1660. The molecule has 0 unspecified atom stereocenters. The number of ether oxygens (including phenoxy) is 1. The van der Waals surface area contributed by atoms with E-state index in [0.29, 0.717) is 36.4 Å². The van der Waals surface area contributed by atoms with Crippen molar-refractivity contribution in [3.8, 4) is 5.75 Å². The second kappa shape index (κ2) is 21.2. The summed E-state index contributed by atoms with van der Waals surface area (Å²) in [6.45, 7) is 9.52. The zero-order valence-corrected chi connectivity index (χ0v) is 31.5. The molecule has 5 amide bonds. The summed E-state index contributed by atoms with van der Waals surface area (Å²) in [5, 5.41) is 19.3. The van der Waals surface area contributed by atoms with Crippen molar-refractivity contribution in [2.24, 2.45) is 28.0 Å². The first-order valence-electron chi connectivity index (χ1n) is 18.1. The molecule has 2 atom stereocenters. The van der Waals surface area contributed by atoms with Gasteiger partial charge in [-0.05, 0) is 87.1 Å². The lowest BCUT2D eigenvalue weighted by molar-refractivity contribution is -0.130. The van der Waals surface area contributed by atoms with E-state index in [1.807, 2.05) is 31.2 Å². The van der Waals surface area contributed by atoms with Crippen LogP contribution in [0.25, 0.3) is 10.4 Å². The third kappa shape index (κ3) is 13.6. The summed E-state index contributed by atoms with van der Waals surface area (Å²) in [5.41, 5.74) is 14.8. The van der Waals surface area contributed by atoms with Crippen LogP contribution in [0.4, 0.5) is 4.79 Å². The molecule has 0 heterocycles. The molecule has 1 aliphatic rings. The smallest absolute Gasteiger partial charge is 0.335 e. The van der Waals surface area contributed by atoms with E-state index >= 15 is 0 Å². The fraction of sp³-hybridized carbons (Fsp3) is 0.526. The maximum atomic E-state index is 13.5. The first-order valence-corrected chi connectivity index (χ1v) is 18.1. The number of methoxy groups -OCH3 is 1. The number of benzene rings is 2. The van der Waals surface area contributed by atoms with Gasteiger partial charge in [-0.3, -0.25) is 19.2 Å². The van der Waals surface area contributed by atoms with Gasteiger partial charge in [-0.15, -0.1) is 0 Å². The van der Waals surface area contributed by atoms with Gasteiger partial charge in [0.25, 0.3) is 0 Å². The topological polar surface area (TPSA) is 216 Å². The van der Waals surface area contributed by atoms with E-state index in [0.717, 1.165) is 31.2 Å². The number of carbonyl (C=O) groups excluding carboxylic acids is 5. The number of aryl methyl sites for hydroxylation is 1. The number of nitrogens with zero attached hydrogens (tertiary/aromatic N) is 4. The van der Waals surface area contributed by atoms with Gasteiger partial charge in [0, 0.05) is 35.0 Å². The van der Waals surface area contributed by atoms with Gasteiger partial charge in [0.15, 0.2) is 5.78 Å². The van der Waals surface area contributed by atoms with Crippen LogP contribution in [0.2, 0.25) is 0 Å². The van der Waals surface area contributed by atoms with Gasteiger partial charge in [0.1, 0.15) is 11.8 Å². The van der Waals surface area contributed by atoms with Gasteiger partial charge < -0.3 is 26.0 Å². The highest BCUT2D eigenvalue weighted by Gasteiger charge is 2.29. The average Bonchev–Trinajstić information content (AvgIpc) is 3.14. The molecule has 0 aliphatic heterocycles. The lowest BCUT2D eigenvalue weighted by Gasteiger charge is -2.28. The molecule has 286 valence electrons. The molecule has 2 aromatic carbocycles. The third-order valence-electron chi connectivity index (χ3n) is 9.38. The van der Waals surface area contributed by atoms with Crippen molar-refractivity contribution in [3.05, 3.63) is 75.2 Å². The Hall–Kier alpha value is -5.43. The highest BCUT2D eigenvalue weighted by Crippen LogP contribution is 2.28. The monoisotopic (exact) mass is 731 g/mol. The van der Waals surface area contributed by atoms with Crippen LogP contribution in [-0.4, -0.2) is 67.5 Å². The zero-order chi connectivity index (χ0) is 38.9. The van der Waals surface area contributed by atoms with E-state index in [1.165, 1.54) is 19.6 Å². The maximum absolute atomic E-state index is 13.5. The molecule has 2 aromatic rings. The summed E-state index contributed by atoms with van der Waals surface area (Å²) >= 11 is 0. The van der Waals surface area contributed by atoms with E-state index in [-0.39, 0.29) is 48.1 Å². The second-order valence-electron chi connectivity index (χ2n) is 13.8. The summed E-state index contributed by atoms with van der Waals surface area (Å²) in [5.74, 6) is -0.739. The Morgan fingerprint density at radius 2 is 1.68 bits per heavy atom. The summed E-state index contributed by atoms with van der Waals surface area (Å²) in [4.78, 5) is 66.8. The predicted octanol–water partition coefficient (Wildman–Crippen LogP) is 4.87. The molecule has 0 radical (unpaired) electrons. The minimum absolute atomic E-state index is 0.0494. The fourth-order valence-corrected chi connectivity index (χ4v) is 6.15. The zero-order valence-electron chi connectivity index (χ0n) is 31.5. The van der Waals surface area contributed by atoms with Gasteiger partial charge >= 0.3 is 6.03 Å². The summed E-state index contributed by atoms with van der Waals surface area (Å²) < 4.78 is 5.36. The number of urea groups is 1. The Morgan fingerprint density at radius 3 is 2.28 bits per heavy atom. The third-order valence-corrected chi connectivity index (χ3v) is 9.38. The van der Waals surface area contributed by atoms with E-state index in [2.05, 4.69) is 41.8 Å². The van der Waals surface area contributed by atoms with Crippen molar-refractivity contribution in [2.75, 3.05) is 20.2 Å². The van der Waals surface area contributed by atoms with Gasteiger partial charge in [0.05, 0.1) is 31.8 Å². The molecule has 1 saturated carbocycles. The number of nitrogens with one attached hydrogen (secondary N) is 5. The number of azide groups is 1. The standard InChI is InChI=1S/C38H53N9O6/c1-7-31(43-37(51)35(23(2)3)44-34(49)19-30-18-29(25(5)48)16-17-33(30)53-6)32(22-42-47-39)45-46-38(52)41-21-27-12-14-28(15-13-27)36(50)40-20-26-10-8-24(4)9-11-26/h8-11,16-18,23,27-28,31,35H,7,12-15,19-22H2,1-6H3,(H,40,50)(H,43,51)(H,44,49)(H2,41,46,52)/b45-32+/t27?,28?,31-,35-/m0/s1. The number of rotatable bonds is 18. The molecule has 15 nitrogen and oxygen atoms in total. The number of amides is 5. The minimum atomic E-state index is -0.926. The Balaban J connectivity index is 1.53. The molecule has 0 bridgehead atoms. The predicted molar refractivity (Wildman–Crippen MR) is 202 cm³/mol. The fourth-order valence-electron chi connectivity index (χ4n) is 6.15. The van der Waals surface area contributed by atoms with Crippen LogP contribution in [0, 0.1) is 24.7 Å². The maximum Gasteiger partial charge on any atom is 0.335 e. The number of hydrazone groups is 1. The summed E-state index contributed by atoms with van der Waals surface area (Å²) in [7, 11) is 1.47. The molecular weight excluding hydrogens is 678 g/mol. The molecule has 5 N–H and O–H groups in total. The van der Waals surface area contributed by atoms with E-state index in [9.17, 15) is 24.0 Å². The van der Waals surface area contributed by atoms with Crippen molar-refractivity contribution in [2.45, 2.75) is 91.8 Å².